The number of carbonyl (C=O) groups excluding carboxylic acids is 1. The van der Waals surface area contributed by atoms with Crippen LogP contribution in [-0.2, 0) is 0 Å². The Bertz CT molecular complexity index is 1190. The minimum absolute atomic E-state index is 0.0552. The van der Waals surface area contributed by atoms with Gasteiger partial charge in [-0.25, -0.2) is 18.4 Å². The molecule has 144 valence electrons. The lowest BCUT2D eigenvalue weighted by Crippen LogP contribution is -2.14. The van der Waals surface area contributed by atoms with E-state index in [0.717, 1.165) is 11.1 Å². The normalized spacial score (nSPS) is 10.7. The molecule has 0 fully saturated rings. The summed E-state index contributed by atoms with van der Waals surface area (Å²) in [5.41, 5.74) is 2.55. The number of aromatic nitrogens is 3. The fourth-order valence-electron chi connectivity index (χ4n) is 2.96. The second kappa shape index (κ2) is 7.63. The molecule has 0 aliphatic heterocycles. The van der Waals surface area contributed by atoms with Gasteiger partial charge in [0.05, 0.1) is 11.3 Å². The van der Waals surface area contributed by atoms with E-state index in [1.165, 1.54) is 28.9 Å². The maximum Gasteiger partial charge on any atom is 0.259 e. The van der Waals surface area contributed by atoms with Crippen LogP contribution in [0.2, 0.25) is 0 Å². The second-order valence-corrected chi connectivity index (χ2v) is 6.39. The standard InChI is InChI=1S/C22H16F2N4O/c1-14-17(13-28(27-14)20-9-5-4-8-19(20)24)15-10-11-21(25-12-15)26-22(29)16-6-2-3-7-18(16)23/h2-13H,1H3,(H,25,26,29). The topological polar surface area (TPSA) is 59.8 Å². The first-order chi connectivity index (χ1) is 14.0. The summed E-state index contributed by atoms with van der Waals surface area (Å²) in [6, 6.07) is 15.5. The van der Waals surface area contributed by atoms with Crippen molar-refractivity contribution in [1.82, 2.24) is 14.8 Å². The van der Waals surface area contributed by atoms with Crippen LogP contribution in [0.25, 0.3) is 16.8 Å². The van der Waals surface area contributed by atoms with Crippen LogP contribution in [0.1, 0.15) is 16.1 Å². The zero-order valence-electron chi connectivity index (χ0n) is 15.4. The highest BCUT2D eigenvalue weighted by Crippen LogP contribution is 2.25. The van der Waals surface area contributed by atoms with E-state index in [9.17, 15) is 13.6 Å². The molecule has 0 bridgehead atoms. The third kappa shape index (κ3) is 3.75. The minimum Gasteiger partial charge on any atom is -0.306 e. The average molecular weight is 390 g/mol. The van der Waals surface area contributed by atoms with Crippen molar-refractivity contribution in [2.75, 3.05) is 5.32 Å². The van der Waals surface area contributed by atoms with Gasteiger partial charge in [-0.15, -0.1) is 0 Å². The van der Waals surface area contributed by atoms with E-state index < -0.39 is 11.7 Å². The van der Waals surface area contributed by atoms with Gasteiger partial charge in [0.15, 0.2) is 0 Å². The Morgan fingerprint density at radius 1 is 0.966 bits per heavy atom. The summed E-state index contributed by atoms with van der Waals surface area (Å²) in [6.45, 7) is 1.82. The van der Waals surface area contributed by atoms with Crippen LogP contribution in [0.15, 0.2) is 73.1 Å². The summed E-state index contributed by atoms with van der Waals surface area (Å²) >= 11 is 0. The van der Waals surface area contributed by atoms with Gasteiger partial charge in [0.1, 0.15) is 23.1 Å². The van der Waals surface area contributed by atoms with Crippen molar-refractivity contribution in [2.45, 2.75) is 6.92 Å². The summed E-state index contributed by atoms with van der Waals surface area (Å²) in [7, 11) is 0. The number of para-hydroxylation sites is 1. The summed E-state index contributed by atoms with van der Waals surface area (Å²) in [6.07, 6.45) is 3.30. The molecular weight excluding hydrogens is 374 g/mol. The molecule has 0 aliphatic rings. The van der Waals surface area contributed by atoms with Crippen LogP contribution >= 0.6 is 0 Å². The van der Waals surface area contributed by atoms with Gasteiger partial charge in [-0.05, 0) is 43.3 Å². The largest absolute Gasteiger partial charge is 0.306 e. The fraction of sp³-hybridized carbons (Fsp3) is 0.0455. The lowest BCUT2D eigenvalue weighted by Gasteiger charge is -2.06. The number of halogens is 2. The molecule has 29 heavy (non-hydrogen) atoms. The monoisotopic (exact) mass is 390 g/mol. The first-order valence-electron chi connectivity index (χ1n) is 8.86. The number of aryl methyl sites for hydroxylation is 1. The van der Waals surface area contributed by atoms with Crippen molar-refractivity contribution < 1.29 is 13.6 Å². The molecule has 0 saturated heterocycles. The third-order valence-electron chi connectivity index (χ3n) is 4.43. The molecule has 1 N–H and O–H groups in total. The molecule has 0 spiro atoms. The number of amides is 1. The van der Waals surface area contributed by atoms with Gasteiger partial charge in [0.2, 0.25) is 0 Å². The molecule has 1 amide bonds. The van der Waals surface area contributed by atoms with Crippen molar-refractivity contribution in [3.63, 3.8) is 0 Å². The van der Waals surface area contributed by atoms with Crippen LogP contribution in [0.3, 0.4) is 0 Å². The van der Waals surface area contributed by atoms with Crippen molar-refractivity contribution in [3.05, 3.63) is 95.9 Å². The van der Waals surface area contributed by atoms with E-state index >= 15 is 0 Å². The number of rotatable bonds is 4. The van der Waals surface area contributed by atoms with Gasteiger partial charge in [0, 0.05) is 23.5 Å². The van der Waals surface area contributed by atoms with Gasteiger partial charge < -0.3 is 5.32 Å². The Labute approximate surface area is 165 Å². The lowest BCUT2D eigenvalue weighted by molar-refractivity contribution is 0.102. The Kier molecular flexibility index (Phi) is 4.87. The molecule has 5 nitrogen and oxygen atoms in total. The van der Waals surface area contributed by atoms with E-state index in [4.69, 9.17) is 0 Å². The maximum absolute atomic E-state index is 14.0. The predicted molar refractivity (Wildman–Crippen MR) is 106 cm³/mol. The van der Waals surface area contributed by atoms with Crippen LogP contribution in [0.4, 0.5) is 14.6 Å². The predicted octanol–water partition coefficient (Wildman–Crippen LogP) is 4.77. The molecule has 0 radical (unpaired) electrons. The quantitative estimate of drug-likeness (QED) is 0.546. The Balaban J connectivity index is 1.56. The number of hydrogen-bond donors (Lipinski definition) is 1. The summed E-state index contributed by atoms with van der Waals surface area (Å²) in [5.74, 6) is -1.25. The molecule has 7 heteroatoms. The Morgan fingerprint density at radius 3 is 2.38 bits per heavy atom. The van der Waals surface area contributed by atoms with E-state index in [1.807, 2.05) is 6.92 Å². The maximum atomic E-state index is 14.0. The number of benzene rings is 2. The van der Waals surface area contributed by atoms with E-state index in [1.54, 1.807) is 48.8 Å². The number of anilines is 1. The molecule has 0 unspecified atom stereocenters. The second-order valence-electron chi connectivity index (χ2n) is 6.39. The van der Waals surface area contributed by atoms with E-state index in [-0.39, 0.29) is 11.4 Å². The van der Waals surface area contributed by atoms with Crippen LogP contribution in [0, 0.1) is 18.6 Å². The number of nitrogens with one attached hydrogen (secondary N) is 1. The van der Waals surface area contributed by atoms with Gasteiger partial charge in [-0.1, -0.05) is 24.3 Å². The number of carbonyl (C=O) groups is 1. The van der Waals surface area contributed by atoms with E-state index in [0.29, 0.717) is 17.2 Å². The van der Waals surface area contributed by atoms with E-state index in [2.05, 4.69) is 15.4 Å². The highest BCUT2D eigenvalue weighted by Gasteiger charge is 2.14. The smallest absolute Gasteiger partial charge is 0.259 e. The van der Waals surface area contributed by atoms with Crippen LogP contribution in [0.5, 0.6) is 0 Å². The fourth-order valence-corrected chi connectivity index (χ4v) is 2.96. The number of nitrogens with zero attached hydrogens (tertiary/aromatic N) is 3. The van der Waals surface area contributed by atoms with Gasteiger partial charge in [-0.2, -0.15) is 5.10 Å². The summed E-state index contributed by atoms with van der Waals surface area (Å²) in [4.78, 5) is 16.4. The van der Waals surface area contributed by atoms with Gasteiger partial charge in [0.25, 0.3) is 5.91 Å². The van der Waals surface area contributed by atoms with Crippen LogP contribution in [-0.4, -0.2) is 20.7 Å². The van der Waals surface area contributed by atoms with Gasteiger partial charge in [-0.3, -0.25) is 4.79 Å². The Morgan fingerprint density at radius 2 is 1.69 bits per heavy atom. The van der Waals surface area contributed by atoms with Gasteiger partial charge >= 0.3 is 0 Å². The average Bonchev–Trinajstić information content (AvgIpc) is 3.10. The molecule has 0 atom stereocenters. The molecule has 2 aromatic heterocycles. The minimum atomic E-state index is -0.599. The zero-order valence-corrected chi connectivity index (χ0v) is 15.4. The Hall–Kier alpha value is -3.87. The zero-order chi connectivity index (χ0) is 20.4. The molecular formula is C22H16F2N4O. The molecule has 2 heterocycles. The summed E-state index contributed by atoms with van der Waals surface area (Å²) in [5, 5.41) is 6.95. The summed E-state index contributed by atoms with van der Waals surface area (Å²) < 4.78 is 29.2. The third-order valence-corrected chi connectivity index (χ3v) is 4.43. The molecule has 4 rings (SSSR count). The highest BCUT2D eigenvalue weighted by atomic mass is 19.1. The first-order valence-corrected chi connectivity index (χ1v) is 8.86. The van der Waals surface area contributed by atoms with Crippen molar-refractivity contribution >= 4 is 11.7 Å². The first kappa shape index (κ1) is 18.5. The molecule has 0 saturated carbocycles. The highest BCUT2D eigenvalue weighted by molar-refractivity contribution is 6.03. The number of pyridine rings is 1. The SMILES string of the molecule is Cc1nn(-c2ccccc2F)cc1-c1ccc(NC(=O)c2ccccc2F)nc1. The van der Waals surface area contributed by atoms with Crippen molar-refractivity contribution in [2.24, 2.45) is 0 Å². The molecule has 4 aromatic rings. The molecule has 2 aromatic carbocycles. The van der Waals surface area contributed by atoms with Crippen LogP contribution < -0.4 is 5.32 Å². The van der Waals surface area contributed by atoms with Crippen molar-refractivity contribution in [3.8, 4) is 16.8 Å². The lowest BCUT2D eigenvalue weighted by atomic mass is 10.1. The van der Waals surface area contributed by atoms with Crippen molar-refractivity contribution in [1.29, 1.82) is 0 Å². The number of hydrogen-bond acceptors (Lipinski definition) is 3. The molecule has 0 aliphatic carbocycles.